The lowest BCUT2D eigenvalue weighted by molar-refractivity contribution is 0.524. The molecule has 1 aromatic heterocycles. The van der Waals surface area contributed by atoms with Gasteiger partial charge in [0.25, 0.3) is 5.56 Å². The van der Waals surface area contributed by atoms with Crippen LogP contribution in [0.5, 0.6) is 0 Å². The summed E-state index contributed by atoms with van der Waals surface area (Å²) in [7, 11) is -3.29. The number of aromatic nitrogens is 2. The van der Waals surface area contributed by atoms with Gasteiger partial charge in [0.15, 0.2) is 0 Å². The summed E-state index contributed by atoms with van der Waals surface area (Å²) in [6.45, 7) is 3.68. The Morgan fingerprint density at radius 2 is 2.05 bits per heavy atom. The molecule has 0 bridgehead atoms. The highest BCUT2D eigenvalue weighted by molar-refractivity contribution is 7.90. The molecule has 112 valence electrons. The maximum Gasteiger partial charge on any atom is 0.267 e. The minimum atomic E-state index is -3.29. The number of sulfonamides is 1. The average molecular weight is 299 g/mol. The summed E-state index contributed by atoms with van der Waals surface area (Å²) in [6, 6.07) is 1.64. The summed E-state index contributed by atoms with van der Waals surface area (Å²) < 4.78 is 27.1. The minimum absolute atomic E-state index is 0.158. The van der Waals surface area contributed by atoms with Crippen molar-refractivity contribution in [3.05, 3.63) is 27.7 Å². The lowest BCUT2D eigenvalue weighted by atomic mass is 9.97. The second kappa shape index (κ2) is 6.05. The van der Waals surface area contributed by atoms with E-state index >= 15 is 0 Å². The number of nitrogens with one attached hydrogen (secondary N) is 1. The minimum Gasteiger partial charge on any atom is -0.268 e. The second-order valence-electron chi connectivity index (χ2n) is 5.37. The summed E-state index contributed by atoms with van der Waals surface area (Å²) in [5.74, 6) is 0. The molecule has 7 heteroatoms. The van der Waals surface area contributed by atoms with E-state index < -0.39 is 15.3 Å². The molecule has 0 saturated heterocycles. The highest BCUT2D eigenvalue weighted by Crippen LogP contribution is 2.16. The molecule has 0 unspecified atom stereocenters. The number of aryl methyl sites for hydroxylation is 2. The van der Waals surface area contributed by atoms with Crippen LogP contribution in [0.25, 0.3) is 0 Å². The number of nitrogens with zero attached hydrogens (tertiary/aromatic N) is 2. The molecule has 1 aliphatic rings. The van der Waals surface area contributed by atoms with Crippen molar-refractivity contribution in [2.75, 3.05) is 6.54 Å². The van der Waals surface area contributed by atoms with Gasteiger partial charge in [-0.25, -0.2) is 17.8 Å². The first-order chi connectivity index (χ1) is 9.40. The third-order valence-electron chi connectivity index (χ3n) is 3.52. The molecule has 0 aliphatic heterocycles. The fourth-order valence-corrected chi connectivity index (χ4v) is 2.93. The number of hydrogen-bond donors (Lipinski definition) is 1. The maximum absolute atomic E-state index is 11.9. The van der Waals surface area contributed by atoms with Gasteiger partial charge in [0, 0.05) is 12.6 Å². The molecular weight excluding hydrogens is 278 g/mol. The topological polar surface area (TPSA) is 81.1 Å². The predicted octanol–water partition coefficient (Wildman–Crippen LogP) is 0.450. The van der Waals surface area contributed by atoms with E-state index in [9.17, 15) is 13.2 Å². The van der Waals surface area contributed by atoms with Crippen LogP contribution in [0.1, 0.15) is 37.9 Å². The maximum atomic E-state index is 11.9. The Labute approximate surface area is 119 Å². The predicted molar refractivity (Wildman–Crippen MR) is 77.2 cm³/mol. The first kappa shape index (κ1) is 15.2. The van der Waals surface area contributed by atoms with E-state index in [0.29, 0.717) is 0 Å². The summed E-state index contributed by atoms with van der Waals surface area (Å²) in [6.07, 6.45) is 4.01. The average Bonchev–Trinajstić information content (AvgIpc) is 2.39. The molecular formula is C13H21N3O3S. The molecule has 0 saturated carbocycles. The van der Waals surface area contributed by atoms with Crippen LogP contribution in [0.3, 0.4) is 0 Å². The van der Waals surface area contributed by atoms with Crippen molar-refractivity contribution in [2.24, 2.45) is 0 Å². The normalized spacial score (nSPS) is 15.3. The van der Waals surface area contributed by atoms with Crippen LogP contribution in [0.15, 0.2) is 10.9 Å². The van der Waals surface area contributed by atoms with E-state index in [1.54, 1.807) is 19.9 Å². The molecule has 1 N–H and O–H groups in total. The third-order valence-corrected chi connectivity index (χ3v) is 5.37. The Hall–Kier alpha value is -1.21. The molecule has 2 rings (SSSR count). The van der Waals surface area contributed by atoms with Gasteiger partial charge in [0.2, 0.25) is 10.0 Å². The summed E-state index contributed by atoms with van der Waals surface area (Å²) >= 11 is 0. The van der Waals surface area contributed by atoms with Crippen molar-refractivity contribution in [3.8, 4) is 0 Å². The van der Waals surface area contributed by atoms with E-state index in [-0.39, 0.29) is 18.6 Å². The largest absolute Gasteiger partial charge is 0.268 e. The molecule has 6 nitrogen and oxygen atoms in total. The Kier molecular flexibility index (Phi) is 4.59. The summed E-state index contributed by atoms with van der Waals surface area (Å²) in [5.41, 5.74) is 1.86. The van der Waals surface area contributed by atoms with Gasteiger partial charge in [-0.2, -0.15) is 5.10 Å². The van der Waals surface area contributed by atoms with Crippen LogP contribution < -0.4 is 10.3 Å². The Morgan fingerprint density at radius 1 is 1.35 bits per heavy atom. The Morgan fingerprint density at radius 3 is 2.75 bits per heavy atom. The zero-order valence-electron chi connectivity index (χ0n) is 11.9. The molecule has 0 aromatic carbocycles. The van der Waals surface area contributed by atoms with Gasteiger partial charge in [0.1, 0.15) is 0 Å². The molecule has 0 radical (unpaired) electrons. The smallest absolute Gasteiger partial charge is 0.267 e. The van der Waals surface area contributed by atoms with Gasteiger partial charge >= 0.3 is 0 Å². The van der Waals surface area contributed by atoms with Gasteiger partial charge in [-0.05, 0) is 45.1 Å². The molecule has 1 aliphatic carbocycles. The van der Waals surface area contributed by atoms with E-state index in [0.717, 1.165) is 36.9 Å². The van der Waals surface area contributed by atoms with Crippen LogP contribution in [0.4, 0.5) is 0 Å². The fraction of sp³-hybridized carbons (Fsp3) is 0.692. The standard InChI is InChI=1S/C13H21N3O3S/c1-10(2)20(18,19)14-7-8-16-13(17)9-11-5-3-4-6-12(11)15-16/h9-10,14H,3-8H2,1-2H3. The zero-order valence-corrected chi connectivity index (χ0v) is 12.7. The van der Waals surface area contributed by atoms with Crippen molar-refractivity contribution < 1.29 is 8.42 Å². The van der Waals surface area contributed by atoms with Gasteiger partial charge in [-0.15, -0.1) is 0 Å². The van der Waals surface area contributed by atoms with Crippen LogP contribution in [0.2, 0.25) is 0 Å². The molecule has 20 heavy (non-hydrogen) atoms. The lowest BCUT2D eigenvalue weighted by Gasteiger charge is -2.16. The quantitative estimate of drug-likeness (QED) is 0.856. The van der Waals surface area contributed by atoms with Crippen LogP contribution >= 0.6 is 0 Å². The fourth-order valence-electron chi connectivity index (χ4n) is 2.22. The number of hydrogen-bond acceptors (Lipinski definition) is 4. The van der Waals surface area contributed by atoms with Gasteiger partial charge in [0.05, 0.1) is 17.5 Å². The third kappa shape index (κ3) is 3.46. The van der Waals surface area contributed by atoms with E-state index in [4.69, 9.17) is 0 Å². The molecule has 0 spiro atoms. The van der Waals surface area contributed by atoms with E-state index in [1.807, 2.05) is 0 Å². The molecule has 0 atom stereocenters. The summed E-state index contributed by atoms with van der Waals surface area (Å²) in [5, 5.41) is 3.87. The zero-order chi connectivity index (χ0) is 14.8. The summed E-state index contributed by atoms with van der Waals surface area (Å²) in [4.78, 5) is 11.9. The first-order valence-corrected chi connectivity index (χ1v) is 8.53. The lowest BCUT2D eigenvalue weighted by Crippen LogP contribution is -2.36. The Balaban J connectivity index is 2.05. The second-order valence-corrected chi connectivity index (χ2v) is 7.69. The van der Waals surface area contributed by atoms with Gasteiger partial charge in [-0.3, -0.25) is 4.79 Å². The highest BCUT2D eigenvalue weighted by atomic mass is 32.2. The van der Waals surface area contributed by atoms with Gasteiger partial charge < -0.3 is 0 Å². The van der Waals surface area contributed by atoms with Crippen LogP contribution in [-0.2, 0) is 29.4 Å². The van der Waals surface area contributed by atoms with Gasteiger partial charge in [-0.1, -0.05) is 0 Å². The van der Waals surface area contributed by atoms with Crippen LogP contribution in [0, 0.1) is 0 Å². The molecule has 0 fully saturated rings. The molecule has 0 amide bonds. The Bertz CT molecular complexity index is 635. The highest BCUT2D eigenvalue weighted by Gasteiger charge is 2.16. The van der Waals surface area contributed by atoms with Crippen molar-refractivity contribution in [1.82, 2.24) is 14.5 Å². The monoisotopic (exact) mass is 299 g/mol. The van der Waals surface area contributed by atoms with E-state index in [2.05, 4.69) is 9.82 Å². The van der Waals surface area contributed by atoms with Crippen molar-refractivity contribution in [3.63, 3.8) is 0 Å². The van der Waals surface area contributed by atoms with Crippen molar-refractivity contribution in [2.45, 2.75) is 51.3 Å². The first-order valence-electron chi connectivity index (χ1n) is 6.98. The van der Waals surface area contributed by atoms with E-state index in [1.165, 1.54) is 4.68 Å². The molecule has 1 aromatic rings. The number of fused-ring (bicyclic) bond motifs is 1. The van der Waals surface area contributed by atoms with Crippen LogP contribution in [-0.4, -0.2) is 30.0 Å². The van der Waals surface area contributed by atoms with Crippen molar-refractivity contribution >= 4 is 10.0 Å². The van der Waals surface area contributed by atoms with Crippen molar-refractivity contribution in [1.29, 1.82) is 0 Å². The molecule has 1 heterocycles. The number of rotatable bonds is 5. The SMILES string of the molecule is CC(C)S(=O)(=O)NCCn1nc2c(cc1=O)CCCC2.